The Kier molecular flexibility index (Phi) is 8.02. The number of benzene rings is 1. The van der Waals surface area contributed by atoms with Gasteiger partial charge in [-0.05, 0) is 55.1 Å². The summed E-state index contributed by atoms with van der Waals surface area (Å²) in [4.78, 5) is 12.5. The topological polar surface area (TPSA) is 56.8 Å². The predicted octanol–water partition coefficient (Wildman–Crippen LogP) is 4.76. The molecule has 1 aliphatic carbocycles. The maximum atomic E-state index is 12.5. The highest BCUT2D eigenvalue weighted by Crippen LogP contribution is 2.41. The van der Waals surface area contributed by atoms with Crippen molar-refractivity contribution in [2.45, 2.75) is 71.8 Å². The molecule has 1 N–H and O–H groups in total. The van der Waals surface area contributed by atoms with E-state index >= 15 is 0 Å². The molecule has 0 aliphatic heterocycles. The van der Waals surface area contributed by atoms with Gasteiger partial charge in [0.15, 0.2) is 11.5 Å². The molecule has 0 atom stereocenters. The molecule has 0 unspecified atom stereocenters. The largest absolute Gasteiger partial charge is 0.493 e. The third kappa shape index (κ3) is 5.33. The quantitative estimate of drug-likeness (QED) is 0.660. The smallest absolute Gasteiger partial charge is 0.220 e. The Morgan fingerprint density at radius 3 is 2.21 bits per heavy atom. The Hall–Kier alpha value is -1.91. The van der Waals surface area contributed by atoms with Crippen molar-refractivity contribution >= 4 is 5.91 Å². The molecular weight excluding hydrogens is 354 g/mol. The van der Waals surface area contributed by atoms with Gasteiger partial charge in [-0.2, -0.15) is 0 Å². The molecule has 28 heavy (non-hydrogen) atoms. The highest BCUT2D eigenvalue weighted by Gasteiger charge is 2.32. The van der Waals surface area contributed by atoms with Crippen LogP contribution >= 0.6 is 0 Å². The summed E-state index contributed by atoms with van der Waals surface area (Å²) in [6.45, 7) is 7.01. The van der Waals surface area contributed by atoms with Crippen molar-refractivity contribution in [3.63, 3.8) is 0 Å². The van der Waals surface area contributed by atoms with Crippen LogP contribution in [0.1, 0.15) is 64.9 Å². The minimum Gasteiger partial charge on any atom is -0.493 e. The van der Waals surface area contributed by atoms with Crippen molar-refractivity contribution in [3.05, 3.63) is 17.7 Å². The number of hydrogen-bond donors (Lipinski definition) is 1. The molecule has 1 saturated carbocycles. The van der Waals surface area contributed by atoms with Crippen molar-refractivity contribution in [1.82, 2.24) is 5.32 Å². The second-order valence-electron chi connectivity index (χ2n) is 8.45. The maximum absolute atomic E-state index is 12.5. The molecule has 2 rings (SSSR count). The second kappa shape index (κ2) is 10.0. The number of amides is 1. The standard InChI is InChI=1S/C23H37NO4/c1-7-23(2,3)17-10-12-18(13-11-17)24-20(25)15-9-16-8-14-19(26-4)22(28-6)21(16)27-5/h8,14,17-18H,7,9-13,15H2,1-6H3,(H,24,25). The monoisotopic (exact) mass is 391 g/mol. The number of carbonyl (C=O) groups excluding carboxylic acids is 1. The SMILES string of the molecule is CCC(C)(C)C1CCC(NC(=O)CCc2ccc(OC)c(OC)c2OC)CC1. The lowest BCUT2D eigenvalue weighted by atomic mass is 9.69. The molecule has 5 nitrogen and oxygen atoms in total. The highest BCUT2D eigenvalue weighted by molar-refractivity contribution is 5.76. The minimum atomic E-state index is 0.107. The Labute approximate surface area is 170 Å². The van der Waals surface area contributed by atoms with Crippen LogP contribution in [0.3, 0.4) is 0 Å². The number of rotatable bonds is 9. The Morgan fingerprint density at radius 2 is 1.68 bits per heavy atom. The van der Waals surface area contributed by atoms with Gasteiger partial charge >= 0.3 is 0 Å². The van der Waals surface area contributed by atoms with Crippen molar-refractivity contribution in [2.75, 3.05) is 21.3 Å². The number of ether oxygens (including phenoxy) is 3. The minimum absolute atomic E-state index is 0.107. The molecule has 5 heteroatoms. The average Bonchev–Trinajstić information content (AvgIpc) is 2.71. The van der Waals surface area contributed by atoms with Gasteiger partial charge < -0.3 is 19.5 Å². The fourth-order valence-electron chi connectivity index (χ4n) is 4.22. The summed E-state index contributed by atoms with van der Waals surface area (Å²) in [6.07, 6.45) is 6.82. The zero-order valence-corrected chi connectivity index (χ0v) is 18.4. The molecule has 1 amide bonds. The molecule has 1 aromatic rings. The average molecular weight is 392 g/mol. The van der Waals surface area contributed by atoms with Crippen molar-refractivity contribution in [2.24, 2.45) is 11.3 Å². The van der Waals surface area contributed by atoms with Gasteiger partial charge in [-0.15, -0.1) is 0 Å². The first-order valence-electron chi connectivity index (χ1n) is 10.4. The molecule has 1 aliphatic rings. The zero-order valence-electron chi connectivity index (χ0n) is 18.4. The van der Waals surface area contributed by atoms with Crippen LogP contribution in [0.4, 0.5) is 0 Å². The molecule has 0 radical (unpaired) electrons. The third-order valence-corrected chi connectivity index (χ3v) is 6.52. The highest BCUT2D eigenvalue weighted by atomic mass is 16.5. The molecule has 0 heterocycles. The number of aryl methyl sites for hydroxylation is 1. The summed E-state index contributed by atoms with van der Waals surface area (Å²) in [5, 5.41) is 3.23. The predicted molar refractivity (Wildman–Crippen MR) is 112 cm³/mol. The van der Waals surface area contributed by atoms with Crippen LogP contribution < -0.4 is 19.5 Å². The molecule has 0 saturated heterocycles. The van der Waals surface area contributed by atoms with E-state index in [0.717, 1.165) is 24.3 Å². The summed E-state index contributed by atoms with van der Waals surface area (Å²) in [5.41, 5.74) is 1.35. The van der Waals surface area contributed by atoms with Crippen LogP contribution in [0.2, 0.25) is 0 Å². The van der Waals surface area contributed by atoms with E-state index in [1.54, 1.807) is 21.3 Å². The van der Waals surface area contributed by atoms with Gasteiger partial charge in [0.2, 0.25) is 11.7 Å². The molecule has 0 bridgehead atoms. The summed E-state index contributed by atoms with van der Waals surface area (Å²) in [6, 6.07) is 4.10. The molecule has 0 spiro atoms. The summed E-state index contributed by atoms with van der Waals surface area (Å²) < 4.78 is 16.2. The van der Waals surface area contributed by atoms with E-state index in [2.05, 4.69) is 26.1 Å². The molecule has 0 aromatic heterocycles. The lowest BCUT2D eigenvalue weighted by Gasteiger charge is -2.39. The lowest BCUT2D eigenvalue weighted by Crippen LogP contribution is -2.40. The van der Waals surface area contributed by atoms with Crippen molar-refractivity contribution in [1.29, 1.82) is 0 Å². The summed E-state index contributed by atoms with van der Waals surface area (Å²) >= 11 is 0. The Morgan fingerprint density at radius 1 is 1.04 bits per heavy atom. The second-order valence-corrected chi connectivity index (χ2v) is 8.45. The van der Waals surface area contributed by atoms with Crippen molar-refractivity contribution < 1.29 is 19.0 Å². The van der Waals surface area contributed by atoms with Gasteiger partial charge in [0.25, 0.3) is 0 Å². The van der Waals surface area contributed by atoms with Crippen molar-refractivity contribution in [3.8, 4) is 17.2 Å². The van der Waals surface area contributed by atoms with E-state index in [0.29, 0.717) is 41.5 Å². The first-order chi connectivity index (χ1) is 13.4. The Bertz CT molecular complexity index is 648. The van der Waals surface area contributed by atoms with Gasteiger partial charge in [-0.25, -0.2) is 0 Å². The molecule has 1 fully saturated rings. The van der Waals surface area contributed by atoms with E-state index in [9.17, 15) is 4.79 Å². The first kappa shape index (κ1) is 22.4. The van der Waals surface area contributed by atoms with Gasteiger partial charge in [0.05, 0.1) is 21.3 Å². The van der Waals surface area contributed by atoms with E-state index in [-0.39, 0.29) is 5.91 Å². The van der Waals surface area contributed by atoms with E-state index in [1.165, 1.54) is 19.3 Å². The fraction of sp³-hybridized carbons (Fsp3) is 0.696. The third-order valence-electron chi connectivity index (χ3n) is 6.52. The summed E-state index contributed by atoms with van der Waals surface area (Å²) in [5.74, 6) is 2.70. The lowest BCUT2D eigenvalue weighted by molar-refractivity contribution is -0.122. The normalized spacial score (nSPS) is 19.8. The van der Waals surface area contributed by atoms with E-state index in [1.807, 2.05) is 12.1 Å². The fourth-order valence-corrected chi connectivity index (χ4v) is 4.22. The molecular formula is C23H37NO4. The van der Waals surface area contributed by atoms with E-state index < -0.39 is 0 Å². The van der Waals surface area contributed by atoms with Crippen LogP contribution in [0, 0.1) is 11.3 Å². The van der Waals surface area contributed by atoms with Gasteiger partial charge in [-0.1, -0.05) is 33.3 Å². The van der Waals surface area contributed by atoms with Crippen LogP contribution in [0.15, 0.2) is 12.1 Å². The van der Waals surface area contributed by atoms with E-state index in [4.69, 9.17) is 14.2 Å². The number of carbonyl (C=O) groups is 1. The van der Waals surface area contributed by atoms with Gasteiger partial charge in [0, 0.05) is 12.5 Å². The zero-order chi connectivity index (χ0) is 20.7. The Balaban J connectivity index is 1.88. The van der Waals surface area contributed by atoms with Crippen LogP contribution in [-0.2, 0) is 11.2 Å². The number of nitrogens with one attached hydrogen (secondary N) is 1. The van der Waals surface area contributed by atoms with Crippen LogP contribution in [-0.4, -0.2) is 33.3 Å². The molecule has 1 aromatic carbocycles. The number of methoxy groups -OCH3 is 3. The van der Waals surface area contributed by atoms with Gasteiger partial charge in [0.1, 0.15) is 0 Å². The summed E-state index contributed by atoms with van der Waals surface area (Å²) in [7, 11) is 4.80. The van der Waals surface area contributed by atoms with Crippen LogP contribution in [0.5, 0.6) is 17.2 Å². The molecule has 158 valence electrons. The number of hydrogen-bond acceptors (Lipinski definition) is 4. The maximum Gasteiger partial charge on any atom is 0.220 e. The van der Waals surface area contributed by atoms with Crippen LogP contribution in [0.25, 0.3) is 0 Å². The first-order valence-corrected chi connectivity index (χ1v) is 10.4. The van der Waals surface area contributed by atoms with Gasteiger partial charge in [-0.3, -0.25) is 4.79 Å².